The normalized spacial score (nSPS) is 13.2. The van der Waals surface area contributed by atoms with E-state index in [-0.39, 0.29) is 5.91 Å². The number of hydrogen-bond donors (Lipinski definition) is 1. The van der Waals surface area contributed by atoms with Gasteiger partial charge in [0.1, 0.15) is 0 Å². The van der Waals surface area contributed by atoms with E-state index in [1.54, 1.807) is 11.8 Å². The molecule has 0 atom stereocenters. The van der Waals surface area contributed by atoms with Crippen LogP contribution in [0.1, 0.15) is 45.9 Å². The molecular weight excluding hydrogens is 366 g/mol. The largest absolute Gasteiger partial charge is 0.351 e. The Balaban J connectivity index is 1.37. The minimum atomic E-state index is -0.0430. The fraction of sp³-hybridized carbons (Fsp3) is 0.261. The number of nitrogens with zero attached hydrogens (tertiary/aromatic N) is 2. The number of carbonyl (C=O) groups excluding carboxylic acids is 1. The maximum absolute atomic E-state index is 12.8. The van der Waals surface area contributed by atoms with Crippen molar-refractivity contribution in [1.29, 1.82) is 5.26 Å². The minimum Gasteiger partial charge on any atom is -0.351 e. The summed E-state index contributed by atoms with van der Waals surface area (Å²) in [6.45, 7) is 0.591. The third-order valence-electron chi connectivity index (χ3n) is 4.90. The molecule has 4 nitrogen and oxygen atoms in total. The summed E-state index contributed by atoms with van der Waals surface area (Å²) < 4.78 is 0. The number of fused-ring (bicyclic) bond motifs is 1. The molecule has 1 saturated carbocycles. The molecule has 0 saturated heterocycles. The number of rotatable bonds is 7. The molecule has 1 amide bonds. The van der Waals surface area contributed by atoms with E-state index >= 15 is 0 Å². The molecule has 4 rings (SSSR count). The van der Waals surface area contributed by atoms with Crippen molar-refractivity contribution >= 4 is 28.6 Å². The van der Waals surface area contributed by atoms with Gasteiger partial charge in [0.25, 0.3) is 5.91 Å². The van der Waals surface area contributed by atoms with Gasteiger partial charge in [0.05, 0.1) is 22.7 Å². The van der Waals surface area contributed by atoms with Crippen molar-refractivity contribution in [2.24, 2.45) is 0 Å². The molecule has 3 aromatic rings. The van der Waals surface area contributed by atoms with E-state index in [1.165, 1.54) is 0 Å². The number of hydrogen-bond acceptors (Lipinski definition) is 4. The van der Waals surface area contributed by atoms with Gasteiger partial charge in [-0.2, -0.15) is 17.0 Å². The Hall–Kier alpha value is -2.84. The van der Waals surface area contributed by atoms with Crippen LogP contribution in [0.25, 0.3) is 10.9 Å². The maximum Gasteiger partial charge on any atom is 0.252 e. The molecule has 0 unspecified atom stereocenters. The summed E-state index contributed by atoms with van der Waals surface area (Å²) in [4.78, 5) is 17.5. The number of nitrogens with one attached hydrogen (secondary N) is 1. The first-order valence-electron chi connectivity index (χ1n) is 9.50. The number of para-hydroxylation sites is 1. The Labute approximate surface area is 169 Å². The van der Waals surface area contributed by atoms with E-state index in [2.05, 4.69) is 11.4 Å². The van der Waals surface area contributed by atoms with Crippen molar-refractivity contribution in [3.05, 3.63) is 77.0 Å². The summed E-state index contributed by atoms with van der Waals surface area (Å²) in [6.07, 6.45) is 2.32. The number of carbonyl (C=O) groups is 1. The van der Waals surface area contributed by atoms with Crippen LogP contribution < -0.4 is 5.32 Å². The first kappa shape index (κ1) is 18.5. The molecule has 0 spiro atoms. The van der Waals surface area contributed by atoms with E-state index in [0.717, 1.165) is 52.1 Å². The second-order valence-electron chi connectivity index (χ2n) is 6.96. The quantitative estimate of drug-likeness (QED) is 0.600. The number of aromatic nitrogens is 1. The lowest BCUT2D eigenvalue weighted by Crippen LogP contribution is -2.26. The highest BCUT2D eigenvalue weighted by atomic mass is 32.2. The van der Waals surface area contributed by atoms with Gasteiger partial charge in [-0.3, -0.25) is 9.78 Å². The average molecular weight is 388 g/mol. The van der Waals surface area contributed by atoms with Crippen LogP contribution in [0.4, 0.5) is 0 Å². The van der Waals surface area contributed by atoms with Gasteiger partial charge in [0, 0.05) is 35.0 Å². The average Bonchev–Trinajstić information content (AvgIpc) is 3.58. The lowest BCUT2D eigenvalue weighted by atomic mass is 10.1. The Morgan fingerprint density at radius 3 is 2.79 bits per heavy atom. The van der Waals surface area contributed by atoms with Gasteiger partial charge in [-0.05, 0) is 36.6 Å². The monoisotopic (exact) mass is 387 g/mol. The zero-order valence-corrected chi connectivity index (χ0v) is 16.3. The zero-order chi connectivity index (χ0) is 19.3. The molecule has 1 N–H and O–H groups in total. The third-order valence-corrected chi connectivity index (χ3v) is 5.91. The first-order valence-corrected chi connectivity index (χ1v) is 10.7. The van der Waals surface area contributed by atoms with Crippen LogP contribution in [0.15, 0.2) is 54.6 Å². The second kappa shape index (κ2) is 8.45. The summed E-state index contributed by atoms with van der Waals surface area (Å²) in [7, 11) is 0. The van der Waals surface area contributed by atoms with Gasteiger partial charge in [-0.15, -0.1) is 0 Å². The number of benzene rings is 2. The van der Waals surface area contributed by atoms with Crippen molar-refractivity contribution in [2.75, 3.05) is 12.3 Å². The molecule has 0 radical (unpaired) electrons. The molecule has 1 heterocycles. The molecule has 28 heavy (non-hydrogen) atoms. The maximum atomic E-state index is 12.8. The molecule has 2 aromatic carbocycles. The Kier molecular flexibility index (Phi) is 5.59. The van der Waals surface area contributed by atoms with Crippen LogP contribution in [0.3, 0.4) is 0 Å². The first-order chi connectivity index (χ1) is 13.8. The van der Waals surface area contributed by atoms with E-state index in [9.17, 15) is 4.79 Å². The highest BCUT2D eigenvalue weighted by Crippen LogP contribution is 2.40. The molecule has 1 aliphatic rings. The van der Waals surface area contributed by atoms with Crippen LogP contribution in [0.2, 0.25) is 0 Å². The summed E-state index contributed by atoms with van der Waals surface area (Å²) >= 11 is 1.72. The number of thioether (sulfide) groups is 1. The van der Waals surface area contributed by atoms with Gasteiger partial charge in [-0.25, -0.2) is 0 Å². The SMILES string of the molecule is N#Cc1ccccc1CSCCNC(=O)c1cc(C2CC2)nc2ccccc12. The Bertz CT molecular complexity index is 1050. The van der Waals surface area contributed by atoms with Crippen LogP contribution in [-0.2, 0) is 5.75 Å². The topological polar surface area (TPSA) is 65.8 Å². The summed E-state index contributed by atoms with van der Waals surface area (Å²) in [5.74, 6) is 2.03. The number of pyridine rings is 1. The Morgan fingerprint density at radius 1 is 1.18 bits per heavy atom. The Morgan fingerprint density at radius 2 is 1.96 bits per heavy atom. The standard InChI is InChI=1S/C23H21N3OS/c24-14-17-5-1-2-6-18(17)15-28-12-11-25-23(27)20-13-22(16-9-10-16)26-21-8-4-3-7-19(20)21/h1-8,13,16H,9-12,15H2,(H,25,27). The lowest BCUT2D eigenvalue weighted by Gasteiger charge is -2.10. The summed E-state index contributed by atoms with van der Waals surface area (Å²) in [6, 6.07) is 19.7. The minimum absolute atomic E-state index is 0.0430. The number of nitriles is 1. The molecule has 1 aliphatic carbocycles. The van der Waals surface area contributed by atoms with E-state index < -0.39 is 0 Å². The third kappa shape index (κ3) is 4.18. The lowest BCUT2D eigenvalue weighted by molar-refractivity contribution is 0.0957. The fourth-order valence-electron chi connectivity index (χ4n) is 3.24. The molecule has 0 aliphatic heterocycles. The van der Waals surface area contributed by atoms with Crippen molar-refractivity contribution in [3.8, 4) is 6.07 Å². The van der Waals surface area contributed by atoms with Gasteiger partial charge >= 0.3 is 0 Å². The highest BCUT2D eigenvalue weighted by Gasteiger charge is 2.26. The van der Waals surface area contributed by atoms with Crippen LogP contribution >= 0.6 is 11.8 Å². The van der Waals surface area contributed by atoms with Gasteiger partial charge in [0.15, 0.2) is 0 Å². The van der Waals surface area contributed by atoms with E-state index in [1.807, 2.05) is 54.6 Å². The van der Waals surface area contributed by atoms with Crippen LogP contribution in [0.5, 0.6) is 0 Å². The van der Waals surface area contributed by atoms with E-state index in [0.29, 0.717) is 18.0 Å². The molecule has 0 bridgehead atoms. The van der Waals surface area contributed by atoms with Crippen molar-refractivity contribution < 1.29 is 4.79 Å². The van der Waals surface area contributed by atoms with Crippen LogP contribution in [-0.4, -0.2) is 23.2 Å². The second-order valence-corrected chi connectivity index (χ2v) is 8.07. The molecule has 1 aromatic heterocycles. The van der Waals surface area contributed by atoms with Crippen molar-refractivity contribution in [1.82, 2.24) is 10.3 Å². The van der Waals surface area contributed by atoms with Crippen molar-refractivity contribution in [2.45, 2.75) is 24.5 Å². The van der Waals surface area contributed by atoms with Crippen molar-refractivity contribution in [3.63, 3.8) is 0 Å². The smallest absolute Gasteiger partial charge is 0.252 e. The van der Waals surface area contributed by atoms with E-state index in [4.69, 9.17) is 10.2 Å². The zero-order valence-electron chi connectivity index (χ0n) is 15.5. The predicted octanol–water partition coefficient (Wildman–Crippen LogP) is 4.65. The molecular formula is C23H21N3OS. The summed E-state index contributed by atoms with van der Waals surface area (Å²) in [5, 5.41) is 13.1. The highest BCUT2D eigenvalue weighted by molar-refractivity contribution is 7.98. The molecule has 140 valence electrons. The van der Waals surface area contributed by atoms with Gasteiger partial charge in [-0.1, -0.05) is 36.4 Å². The van der Waals surface area contributed by atoms with Gasteiger partial charge < -0.3 is 5.32 Å². The number of amides is 1. The fourth-order valence-corrected chi connectivity index (χ4v) is 4.10. The predicted molar refractivity (Wildman–Crippen MR) is 113 cm³/mol. The van der Waals surface area contributed by atoms with Crippen LogP contribution in [0, 0.1) is 11.3 Å². The van der Waals surface area contributed by atoms with Gasteiger partial charge in [0.2, 0.25) is 0 Å². The molecule has 1 fully saturated rings. The molecule has 5 heteroatoms. The summed E-state index contributed by atoms with van der Waals surface area (Å²) in [5.41, 5.74) is 4.39.